The van der Waals surface area contributed by atoms with E-state index in [9.17, 15) is 4.79 Å². The Morgan fingerprint density at radius 2 is 1.75 bits per heavy atom. The molecule has 140 valence electrons. The smallest absolute Gasteiger partial charge is 0.152 e. The van der Waals surface area contributed by atoms with Gasteiger partial charge in [0.05, 0.1) is 17.8 Å². The second-order valence-corrected chi connectivity index (χ2v) is 6.95. The van der Waals surface area contributed by atoms with Gasteiger partial charge in [-0.1, -0.05) is 62.2 Å². The summed E-state index contributed by atoms with van der Waals surface area (Å²) in [5.74, 6) is 0.907. The Morgan fingerprint density at radius 1 is 0.893 bits per heavy atom. The monoisotopic (exact) mass is 369 g/mol. The standard InChI is InChI=1S/C25H23NO2/c1-2-3-6-16-28-24-15-13-21(20-10-4-5-11-22(20)24)23-14-12-18-8-7-9-19(17-27)25(18)26-23/h4-5,7-15,17H,2-3,6,16H2,1H3. The van der Waals surface area contributed by atoms with Gasteiger partial charge in [-0.25, -0.2) is 4.98 Å². The van der Waals surface area contributed by atoms with E-state index in [4.69, 9.17) is 9.72 Å². The molecule has 3 heteroatoms. The van der Waals surface area contributed by atoms with Crippen LogP contribution in [0, 0.1) is 0 Å². The summed E-state index contributed by atoms with van der Waals surface area (Å²) in [4.78, 5) is 16.2. The SMILES string of the molecule is CCCCCOc1ccc(-c2ccc3cccc(C=O)c3n2)c2ccccc12. The van der Waals surface area contributed by atoms with Crippen LogP contribution >= 0.6 is 0 Å². The fourth-order valence-electron chi connectivity index (χ4n) is 3.57. The third kappa shape index (κ3) is 3.48. The molecule has 28 heavy (non-hydrogen) atoms. The van der Waals surface area contributed by atoms with Crippen molar-refractivity contribution in [3.8, 4) is 17.0 Å². The maximum absolute atomic E-state index is 11.4. The summed E-state index contributed by atoms with van der Waals surface area (Å²) >= 11 is 0. The maximum Gasteiger partial charge on any atom is 0.152 e. The molecule has 0 N–H and O–H groups in total. The molecule has 0 unspecified atom stereocenters. The third-order valence-electron chi connectivity index (χ3n) is 5.04. The molecule has 0 spiro atoms. The van der Waals surface area contributed by atoms with Crippen LogP contribution in [0.25, 0.3) is 32.9 Å². The minimum atomic E-state index is 0.611. The zero-order valence-corrected chi connectivity index (χ0v) is 16.0. The molecule has 0 saturated heterocycles. The molecule has 0 aliphatic heterocycles. The molecule has 0 saturated carbocycles. The fraction of sp³-hybridized carbons (Fsp3) is 0.200. The first-order valence-electron chi connectivity index (χ1n) is 9.81. The number of rotatable bonds is 7. The number of carbonyl (C=O) groups is 1. The van der Waals surface area contributed by atoms with E-state index in [1.807, 2.05) is 42.5 Å². The van der Waals surface area contributed by atoms with Gasteiger partial charge < -0.3 is 4.74 Å². The molecule has 0 radical (unpaired) electrons. The van der Waals surface area contributed by atoms with Crippen LogP contribution in [0.2, 0.25) is 0 Å². The lowest BCUT2D eigenvalue weighted by Crippen LogP contribution is -1.98. The molecule has 3 aromatic carbocycles. The van der Waals surface area contributed by atoms with Crippen molar-refractivity contribution in [2.45, 2.75) is 26.2 Å². The van der Waals surface area contributed by atoms with Crippen LogP contribution in [0.15, 0.2) is 66.7 Å². The summed E-state index contributed by atoms with van der Waals surface area (Å²) in [7, 11) is 0. The average molecular weight is 369 g/mol. The summed E-state index contributed by atoms with van der Waals surface area (Å²) in [5, 5.41) is 3.15. The Balaban J connectivity index is 1.79. The van der Waals surface area contributed by atoms with Gasteiger partial charge in [-0.15, -0.1) is 0 Å². The number of carbonyl (C=O) groups excluding carboxylic acids is 1. The normalized spacial score (nSPS) is 11.0. The van der Waals surface area contributed by atoms with Crippen LogP contribution in [-0.4, -0.2) is 17.9 Å². The number of hydrogen-bond acceptors (Lipinski definition) is 3. The van der Waals surface area contributed by atoms with Gasteiger partial charge in [-0.2, -0.15) is 0 Å². The number of aldehydes is 1. The number of hydrogen-bond donors (Lipinski definition) is 0. The van der Waals surface area contributed by atoms with Crippen LogP contribution in [0.4, 0.5) is 0 Å². The Labute approximate surface area is 165 Å². The fourth-order valence-corrected chi connectivity index (χ4v) is 3.57. The second kappa shape index (κ2) is 8.22. The first-order chi connectivity index (χ1) is 13.8. The number of aromatic nitrogens is 1. The summed E-state index contributed by atoms with van der Waals surface area (Å²) in [6.45, 7) is 2.92. The lowest BCUT2D eigenvalue weighted by atomic mass is 10.00. The summed E-state index contributed by atoms with van der Waals surface area (Å²) in [6.07, 6.45) is 4.29. The highest BCUT2D eigenvalue weighted by Gasteiger charge is 2.11. The Kier molecular flexibility index (Phi) is 5.34. The molecular formula is C25H23NO2. The van der Waals surface area contributed by atoms with E-state index < -0.39 is 0 Å². The van der Waals surface area contributed by atoms with E-state index in [-0.39, 0.29) is 0 Å². The zero-order valence-electron chi connectivity index (χ0n) is 16.0. The predicted octanol–water partition coefficient (Wildman–Crippen LogP) is 6.44. The minimum absolute atomic E-state index is 0.611. The molecule has 0 amide bonds. The Hall–Kier alpha value is -3.20. The van der Waals surface area contributed by atoms with Gasteiger partial charge >= 0.3 is 0 Å². The molecule has 4 rings (SSSR count). The number of ether oxygens (including phenoxy) is 1. The average Bonchev–Trinajstić information content (AvgIpc) is 2.76. The molecule has 0 fully saturated rings. The Morgan fingerprint density at radius 3 is 2.57 bits per heavy atom. The van der Waals surface area contributed by atoms with Gasteiger partial charge in [0.15, 0.2) is 6.29 Å². The molecule has 4 aromatic rings. The van der Waals surface area contributed by atoms with Crippen molar-refractivity contribution in [1.82, 2.24) is 4.98 Å². The highest BCUT2D eigenvalue weighted by Crippen LogP contribution is 2.34. The molecule has 3 nitrogen and oxygen atoms in total. The number of fused-ring (bicyclic) bond motifs is 2. The van der Waals surface area contributed by atoms with E-state index in [1.54, 1.807) is 6.07 Å². The molecule has 0 aliphatic carbocycles. The van der Waals surface area contributed by atoms with Gasteiger partial charge in [0, 0.05) is 21.9 Å². The summed E-state index contributed by atoms with van der Waals surface area (Å²) in [6, 6.07) is 22.0. The molecule has 0 atom stereocenters. The second-order valence-electron chi connectivity index (χ2n) is 6.95. The molecule has 1 heterocycles. The highest BCUT2D eigenvalue weighted by atomic mass is 16.5. The number of nitrogens with zero attached hydrogens (tertiary/aromatic N) is 1. The third-order valence-corrected chi connectivity index (χ3v) is 5.04. The van der Waals surface area contributed by atoms with Crippen molar-refractivity contribution in [3.05, 3.63) is 72.3 Å². The van der Waals surface area contributed by atoms with Crippen LogP contribution in [-0.2, 0) is 0 Å². The van der Waals surface area contributed by atoms with Gasteiger partial charge in [0.2, 0.25) is 0 Å². The van der Waals surface area contributed by atoms with Gasteiger partial charge in [0.1, 0.15) is 5.75 Å². The van der Waals surface area contributed by atoms with E-state index in [0.29, 0.717) is 5.56 Å². The van der Waals surface area contributed by atoms with Crippen LogP contribution < -0.4 is 4.74 Å². The lowest BCUT2D eigenvalue weighted by Gasteiger charge is -2.13. The molecule has 1 aromatic heterocycles. The number of unbranched alkanes of at least 4 members (excludes halogenated alkanes) is 2. The van der Waals surface area contributed by atoms with Gasteiger partial charge in [-0.05, 0) is 36.1 Å². The van der Waals surface area contributed by atoms with Gasteiger partial charge in [0.25, 0.3) is 0 Å². The van der Waals surface area contributed by atoms with Gasteiger partial charge in [-0.3, -0.25) is 4.79 Å². The van der Waals surface area contributed by atoms with E-state index >= 15 is 0 Å². The molecule has 0 aliphatic rings. The van der Waals surface area contributed by atoms with Crippen LogP contribution in [0.5, 0.6) is 5.75 Å². The molecular weight excluding hydrogens is 346 g/mol. The minimum Gasteiger partial charge on any atom is -0.493 e. The Bertz CT molecular complexity index is 1130. The quantitative estimate of drug-likeness (QED) is 0.278. The first-order valence-corrected chi connectivity index (χ1v) is 9.81. The zero-order chi connectivity index (χ0) is 19.3. The van der Waals surface area contributed by atoms with Crippen molar-refractivity contribution in [2.24, 2.45) is 0 Å². The van der Waals surface area contributed by atoms with Crippen molar-refractivity contribution >= 4 is 28.0 Å². The van der Waals surface area contributed by atoms with Crippen molar-refractivity contribution in [3.63, 3.8) is 0 Å². The summed E-state index contributed by atoms with van der Waals surface area (Å²) in [5.41, 5.74) is 3.24. The molecule has 0 bridgehead atoms. The van der Waals surface area contributed by atoms with E-state index in [0.717, 1.165) is 58.0 Å². The number of pyridine rings is 1. The lowest BCUT2D eigenvalue weighted by molar-refractivity contribution is 0.112. The van der Waals surface area contributed by atoms with Crippen molar-refractivity contribution in [1.29, 1.82) is 0 Å². The predicted molar refractivity (Wildman–Crippen MR) is 115 cm³/mol. The maximum atomic E-state index is 11.4. The summed E-state index contributed by atoms with van der Waals surface area (Å²) < 4.78 is 6.05. The first kappa shape index (κ1) is 18.2. The van der Waals surface area contributed by atoms with E-state index in [1.165, 1.54) is 12.8 Å². The van der Waals surface area contributed by atoms with Crippen molar-refractivity contribution in [2.75, 3.05) is 6.61 Å². The highest BCUT2D eigenvalue weighted by molar-refractivity contribution is 6.01. The van der Waals surface area contributed by atoms with Crippen molar-refractivity contribution < 1.29 is 9.53 Å². The van der Waals surface area contributed by atoms with Crippen LogP contribution in [0.1, 0.15) is 36.5 Å². The largest absolute Gasteiger partial charge is 0.493 e. The van der Waals surface area contributed by atoms with Crippen LogP contribution in [0.3, 0.4) is 0 Å². The topological polar surface area (TPSA) is 39.2 Å². The van der Waals surface area contributed by atoms with E-state index in [2.05, 4.69) is 25.1 Å². The number of para-hydroxylation sites is 1. The number of benzene rings is 3.